The molecule has 2 N–H and O–H groups in total. The highest BCUT2D eigenvalue weighted by Gasteiger charge is 2.41. The molecule has 0 saturated heterocycles. The van der Waals surface area contributed by atoms with Crippen LogP contribution in [0.4, 0.5) is 5.69 Å². The normalized spacial score (nSPS) is 18.3. The Morgan fingerprint density at radius 1 is 1.18 bits per heavy atom. The quantitative estimate of drug-likeness (QED) is 0.687. The summed E-state index contributed by atoms with van der Waals surface area (Å²) in [5, 5.41) is 14.2. The second kappa shape index (κ2) is 5.73. The van der Waals surface area contributed by atoms with Gasteiger partial charge in [-0.2, -0.15) is 0 Å². The maximum Gasteiger partial charge on any atom is 0.259 e. The van der Waals surface area contributed by atoms with Gasteiger partial charge in [0.05, 0.1) is 17.6 Å². The number of anilines is 1. The molecule has 3 heterocycles. The highest BCUT2D eigenvalue weighted by Crippen LogP contribution is 2.46. The fourth-order valence-electron chi connectivity index (χ4n) is 4.38. The van der Waals surface area contributed by atoms with Gasteiger partial charge in [-0.25, -0.2) is 0 Å². The number of carbonyl (C=O) groups excluding carboxylic acids is 2. The van der Waals surface area contributed by atoms with Gasteiger partial charge in [-0.1, -0.05) is 18.2 Å². The minimum atomic E-state index is -0.327. The van der Waals surface area contributed by atoms with Gasteiger partial charge in [0, 0.05) is 42.9 Å². The number of aryl methyl sites for hydroxylation is 1. The summed E-state index contributed by atoms with van der Waals surface area (Å²) >= 11 is 0. The molecule has 140 valence electrons. The van der Waals surface area contributed by atoms with E-state index >= 15 is 0 Å². The first-order chi connectivity index (χ1) is 13.5. The van der Waals surface area contributed by atoms with Crippen molar-refractivity contribution < 1.29 is 14.7 Å². The number of nitrogens with zero attached hydrogens (tertiary/aromatic N) is 2. The zero-order valence-corrected chi connectivity index (χ0v) is 15.6. The van der Waals surface area contributed by atoms with Crippen LogP contribution in [0.15, 0.2) is 59.9 Å². The summed E-state index contributed by atoms with van der Waals surface area (Å²) < 4.78 is 2.05. The maximum atomic E-state index is 13.2. The number of imide groups is 1. The average molecular weight is 373 g/mol. The number of hydrogen-bond acceptors (Lipinski definition) is 4. The number of amides is 2. The summed E-state index contributed by atoms with van der Waals surface area (Å²) in [6.45, 7) is 1.65. The minimum absolute atomic E-state index is 0.173. The molecule has 2 aliphatic rings. The zero-order chi connectivity index (χ0) is 19.6. The van der Waals surface area contributed by atoms with E-state index in [9.17, 15) is 14.7 Å². The average Bonchev–Trinajstić information content (AvgIpc) is 3.12. The molecule has 2 amide bonds. The van der Waals surface area contributed by atoms with Crippen molar-refractivity contribution in [3.8, 4) is 5.75 Å². The number of carbonyl (C=O) groups is 2. The van der Waals surface area contributed by atoms with E-state index in [2.05, 4.69) is 16.0 Å². The Kier molecular flexibility index (Phi) is 3.40. The van der Waals surface area contributed by atoms with E-state index in [1.165, 1.54) is 11.8 Å². The first-order valence-corrected chi connectivity index (χ1v) is 9.15. The van der Waals surface area contributed by atoms with Crippen LogP contribution in [0, 0.1) is 0 Å². The first-order valence-electron chi connectivity index (χ1n) is 9.15. The molecule has 1 atom stereocenters. The molecule has 0 aliphatic carbocycles. The van der Waals surface area contributed by atoms with E-state index in [1.807, 2.05) is 37.5 Å². The summed E-state index contributed by atoms with van der Waals surface area (Å²) in [5.41, 5.74) is 5.25. The molecule has 5 rings (SSSR count). The molecule has 3 aromatic rings. The van der Waals surface area contributed by atoms with Crippen molar-refractivity contribution in [2.45, 2.75) is 12.8 Å². The number of benzene rings is 2. The van der Waals surface area contributed by atoms with Gasteiger partial charge >= 0.3 is 0 Å². The highest BCUT2D eigenvalue weighted by molar-refractivity contribution is 6.11. The summed E-state index contributed by atoms with van der Waals surface area (Å²) in [6, 6.07) is 13.0. The zero-order valence-electron chi connectivity index (χ0n) is 15.6. The van der Waals surface area contributed by atoms with Crippen molar-refractivity contribution >= 4 is 28.4 Å². The van der Waals surface area contributed by atoms with E-state index < -0.39 is 0 Å². The summed E-state index contributed by atoms with van der Waals surface area (Å²) in [6.07, 6.45) is 2.05. The standard InChI is InChI=1S/C22H19N3O3/c1-12(26)25-11-17-21(22(25)28)19(13-6-8-14(27)9-7-13)15-10-24(2)18-5-3-4-16(23-17)20(15)18/h3-10,19,23,27H,11H2,1-2H3. The van der Waals surface area contributed by atoms with Crippen LogP contribution in [0.1, 0.15) is 24.0 Å². The molecule has 0 spiro atoms. The van der Waals surface area contributed by atoms with Crippen molar-refractivity contribution in [2.75, 3.05) is 11.9 Å². The Labute approximate surface area is 161 Å². The van der Waals surface area contributed by atoms with Crippen molar-refractivity contribution in [3.05, 3.63) is 71.1 Å². The van der Waals surface area contributed by atoms with Gasteiger partial charge in [-0.3, -0.25) is 14.5 Å². The molecule has 6 nitrogen and oxygen atoms in total. The molecular weight excluding hydrogens is 354 g/mol. The summed E-state index contributed by atoms with van der Waals surface area (Å²) in [7, 11) is 1.98. The summed E-state index contributed by atoms with van der Waals surface area (Å²) in [4.78, 5) is 26.5. The predicted octanol–water partition coefficient (Wildman–Crippen LogP) is 3.08. The SMILES string of the molecule is CC(=O)N1CC2=C(C1=O)C(c1ccc(O)cc1)c1cn(C)c3cccc(c13)N2. The number of phenolic OH excluding ortho intramolecular Hbond substituents is 1. The largest absolute Gasteiger partial charge is 0.508 e. The number of aromatic nitrogens is 1. The Morgan fingerprint density at radius 2 is 1.93 bits per heavy atom. The predicted molar refractivity (Wildman–Crippen MR) is 106 cm³/mol. The summed E-state index contributed by atoms with van der Waals surface area (Å²) in [5.74, 6) is -0.688. The van der Waals surface area contributed by atoms with Crippen LogP contribution in [0.2, 0.25) is 0 Å². The minimum Gasteiger partial charge on any atom is -0.508 e. The third kappa shape index (κ3) is 2.21. The Bertz CT molecular complexity index is 1190. The topological polar surface area (TPSA) is 74.6 Å². The third-order valence-corrected chi connectivity index (χ3v) is 5.65. The van der Waals surface area contributed by atoms with Gasteiger partial charge in [0.25, 0.3) is 5.91 Å². The Morgan fingerprint density at radius 3 is 2.64 bits per heavy atom. The molecule has 28 heavy (non-hydrogen) atoms. The number of hydrogen-bond donors (Lipinski definition) is 2. The Balaban J connectivity index is 1.81. The van der Waals surface area contributed by atoms with Crippen LogP contribution in [-0.4, -0.2) is 32.9 Å². The van der Waals surface area contributed by atoms with Gasteiger partial charge in [0.15, 0.2) is 0 Å². The first kappa shape index (κ1) is 16.6. The van der Waals surface area contributed by atoms with Crippen LogP contribution in [0.25, 0.3) is 10.9 Å². The van der Waals surface area contributed by atoms with Crippen molar-refractivity contribution in [1.29, 1.82) is 0 Å². The van der Waals surface area contributed by atoms with E-state index in [1.54, 1.807) is 12.1 Å². The molecule has 1 aromatic heterocycles. The lowest BCUT2D eigenvalue weighted by molar-refractivity contribution is -0.139. The second-order valence-electron chi connectivity index (χ2n) is 7.35. The van der Waals surface area contributed by atoms with Gasteiger partial charge in [0.2, 0.25) is 5.91 Å². The van der Waals surface area contributed by atoms with E-state index in [-0.39, 0.29) is 30.0 Å². The third-order valence-electron chi connectivity index (χ3n) is 5.65. The van der Waals surface area contributed by atoms with Gasteiger partial charge in [-0.15, -0.1) is 0 Å². The Hall–Kier alpha value is -3.54. The number of rotatable bonds is 1. The molecule has 1 unspecified atom stereocenters. The molecule has 2 aliphatic heterocycles. The molecule has 0 fully saturated rings. The highest BCUT2D eigenvalue weighted by atomic mass is 16.3. The smallest absolute Gasteiger partial charge is 0.259 e. The molecular formula is C22H19N3O3. The number of aromatic hydroxyl groups is 1. The van der Waals surface area contributed by atoms with E-state index in [4.69, 9.17) is 0 Å². The maximum absolute atomic E-state index is 13.2. The molecule has 0 bridgehead atoms. The van der Waals surface area contributed by atoms with Gasteiger partial charge in [-0.05, 0) is 35.4 Å². The van der Waals surface area contributed by atoms with Crippen LogP contribution in [0.3, 0.4) is 0 Å². The van der Waals surface area contributed by atoms with E-state index in [0.717, 1.165) is 33.4 Å². The van der Waals surface area contributed by atoms with Gasteiger partial charge < -0.3 is 15.0 Å². The molecule has 0 saturated carbocycles. The van der Waals surface area contributed by atoms with Crippen LogP contribution in [0.5, 0.6) is 5.75 Å². The second-order valence-corrected chi connectivity index (χ2v) is 7.35. The van der Waals surface area contributed by atoms with Crippen molar-refractivity contribution in [1.82, 2.24) is 9.47 Å². The molecule has 2 aromatic carbocycles. The fraction of sp³-hybridized carbons (Fsp3) is 0.182. The van der Waals surface area contributed by atoms with Crippen LogP contribution < -0.4 is 5.32 Å². The molecule has 0 radical (unpaired) electrons. The lowest BCUT2D eigenvalue weighted by Gasteiger charge is -2.19. The number of phenols is 1. The van der Waals surface area contributed by atoms with Crippen molar-refractivity contribution in [3.63, 3.8) is 0 Å². The van der Waals surface area contributed by atoms with Crippen LogP contribution >= 0.6 is 0 Å². The lowest BCUT2D eigenvalue weighted by atomic mass is 9.84. The van der Waals surface area contributed by atoms with E-state index in [0.29, 0.717) is 5.57 Å². The monoisotopic (exact) mass is 373 g/mol. The van der Waals surface area contributed by atoms with Crippen molar-refractivity contribution in [2.24, 2.45) is 7.05 Å². The fourth-order valence-corrected chi connectivity index (χ4v) is 4.38. The lowest BCUT2D eigenvalue weighted by Crippen LogP contribution is -2.33. The number of nitrogens with one attached hydrogen (secondary N) is 1. The van der Waals surface area contributed by atoms with Gasteiger partial charge in [0.1, 0.15) is 5.75 Å². The molecule has 6 heteroatoms. The van der Waals surface area contributed by atoms with Crippen LogP contribution in [-0.2, 0) is 16.6 Å².